The Labute approximate surface area is 180 Å². The van der Waals surface area contributed by atoms with E-state index >= 15 is 0 Å². The first-order chi connectivity index (χ1) is 15.0. The highest BCUT2D eigenvalue weighted by atomic mass is 32.2. The van der Waals surface area contributed by atoms with Gasteiger partial charge in [0, 0.05) is 29.1 Å². The highest BCUT2D eigenvalue weighted by molar-refractivity contribution is 7.89. The number of pyridine rings is 1. The number of hydrogen-bond acceptors (Lipinski definition) is 3. The molecule has 0 fully saturated rings. The number of benzene rings is 3. The number of primary sulfonamides is 1. The van der Waals surface area contributed by atoms with Crippen molar-refractivity contribution >= 4 is 15.7 Å². The number of nitrogens with zero attached hydrogens (tertiary/aromatic N) is 2. The number of hydrogen-bond donors (Lipinski definition) is 1. The van der Waals surface area contributed by atoms with Crippen molar-refractivity contribution in [2.24, 2.45) is 5.14 Å². The number of fused-ring (bicyclic) bond motifs is 1. The standard InChI is InChI=1S/C25H19N3O2S/c26-31(29,30)24-14-8-7-13-21(24)22-15-20(18-9-3-1-4-10-18)16-28-17-23(27-25(22)28)19-11-5-2-6-12-19/h1-17H,(H2,26,29,30). The Kier molecular flexibility index (Phi) is 4.66. The Morgan fingerprint density at radius 3 is 1.97 bits per heavy atom. The Bertz CT molecular complexity index is 1490. The van der Waals surface area contributed by atoms with E-state index in [0.717, 1.165) is 22.4 Å². The van der Waals surface area contributed by atoms with E-state index in [4.69, 9.17) is 10.1 Å². The average molecular weight is 426 g/mol. The van der Waals surface area contributed by atoms with Gasteiger partial charge in [-0.15, -0.1) is 0 Å². The van der Waals surface area contributed by atoms with Crippen molar-refractivity contribution in [3.05, 3.63) is 103 Å². The number of imidazole rings is 1. The number of rotatable bonds is 4. The minimum Gasteiger partial charge on any atom is -0.305 e. The third-order valence-corrected chi connectivity index (χ3v) is 6.18. The van der Waals surface area contributed by atoms with Crippen LogP contribution in [0.25, 0.3) is 39.2 Å². The molecule has 0 unspecified atom stereocenters. The second-order valence-corrected chi connectivity index (χ2v) is 8.80. The van der Waals surface area contributed by atoms with Crippen molar-refractivity contribution in [2.75, 3.05) is 0 Å². The minimum atomic E-state index is -3.91. The van der Waals surface area contributed by atoms with E-state index in [-0.39, 0.29) is 4.90 Å². The van der Waals surface area contributed by atoms with Crippen molar-refractivity contribution in [1.82, 2.24) is 9.38 Å². The summed E-state index contributed by atoms with van der Waals surface area (Å²) in [5.74, 6) is 0. The molecule has 0 saturated carbocycles. The third-order valence-electron chi connectivity index (χ3n) is 5.21. The van der Waals surface area contributed by atoms with Gasteiger partial charge in [0.05, 0.1) is 10.6 Å². The maximum absolute atomic E-state index is 12.3. The fourth-order valence-electron chi connectivity index (χ4n) is 3.77. The van der Waals surface area contributed by atoms with Crippen LogP contribution in [-0.2, 0) is 10.0 Å². The summed E-state index contributed by atoms with van der Waals surface area (Å²) in [6.45, 7) is 0. The van der Waals surface area contributed by atoms with E-state index in [1.54, 1.807) is 18.2 Å². The van der Waals surface area contributed by atoms with Crippen LogP contribution < -0.4 is 5.14 Å². The van der Waals surface area contributed by atoms with Gasteiger partial charge in [-0.2, -0.15) is 0 Å². The summed E-state index contributed by atoms with van der Waals surface area (Å²) < 4.78 is 26.5. The lowest BCUT2D eigenvalue weighted by molar-refractivity contribution is 0.598. The zero-order valence-corrected chi connectivity index (χ0v) is 17.3. The zero-order chi connectivity index (χ0) is 21.4. The molecule has 0 saturated heterocycles. The van der Waals surface area contributed by atoms with Gasteiger partial charge in [0.1, 0.15) is 5.65 Å². The second kappa shape index (κ2) is 7.50. The summed E-state index contributed by atoms with van der Waals surface area (Å²) in [5, 5.41) is 5.53. The molecule has 0 aliphatic heterocycles. The van der Waals surface area contributed by atoms with Gasteiger partial charge in [-0.1, -0.05) is 78.9 Å². The highest BCUT2D eigenvalue weighted by Crippen LogP contribution is 2.34. The molecule has 0 radical (unpaired) electrons. The first kappa shape index (κ1) is 19.2. The van der Waals surface area contributed by atoms with E-state index in [1.165, 1.54) is 6.07 Å². The molecule has 5 rings (SSSR count). The minimum absolute atomic E-state index is 0.0753. The Hall–Kier alpha value is -3.74. The van der Waals surface area contributed by atoms with Gasteiger partial charge in [0.15, 0.2) is 0 Å². The molecule has 2 heterocycles. The highest BCUT2D eigenvalue weighted by Gasteiger charge is 2.19. The van der Waals surface area contributed by atoms with Crippen LogP contribution in [-0.4, -0.2) is 17.8 Å². The van der Waals surface area contributed by atoms with Crippen molar-refractivity contribution in [3.63, 3.8) is 0 Å². The second-order valence-electron chi connectivity index (χ2n) is 7.27. The molecule has 5 aromatic rings. The monoisotopic (exact) mass is 425 g/mol. The molecule has 0 spiro atoms. The smallest absolute Gasteiger partial charge is 0.238 e. The molecule has 0 aliphatic rings. The summed E-state index contributed by atoms with van der Waals surface area (Å²) in [7, 11) is -3.91. The van der Waals surface area contributed by atoms with Crippen LogP contribution in [0.1, 0.15) is 0 Å². The molecule has 3 aromatic carbocycles. The van der Waals surface area contributed by atoms with Crippen molar-refractivity contribution < 1.29 is 8.42 Å². The predicted octanol–water partition coefficient (Wildman–Crippen LogP) is 4.98. The number of sulfonamides is 1. The molecule has 2 N–H and O–H groups in total. The third kappa shape index (κ3) is 3.63. The van der Waals surface area contributed by atoms with Gasteiger partial charge in [-0.05, 0) is 23.3 Å². The molecule has 0 amide bonds. The van der Waals surface area contributed by atoms with Crippen LogP contribution in [0.15, 0.2) is 108 Å². The summed E-state index contributed by atoms with van der Waals surface area (Å²) in [5.41, 5.74) is 5.65. The SMILES string of the molecule is NS(=O)(=O)c1ccccc1-c1cc(-c2ccccc2)cn2cc(-c3ccccc3)nc12. The predicted molar refractivity (Wildman–Crippen MR) is 123 cm³/mol. The normalized spacial score (nSPS) is 11.6. The summed E-state index contributed by atoms with van der Waals surface area (Å²) in [6, 6.07) is 28.6. The van der Waals surface area contributed by atoms with E-state index < -0.39 is 10.0 Å². The largest absolute Gasteiger partial charge is 0.305 e. The van der Waals surface area contributed by atoms with Crippen molar-refractivity contribution in [2.45, 2.75) is 4.90 Å². The van der Waals surface area contributed by atoms with Crippen LogP contribution in [0, 0.1) is 0 Å². The fourth-order valence-corrected chi connectivity index (χ4v) is 4.52. The molecular weight excluding hydrogens is 406 g/mol. The molecule has 5 nitrogen and oxygen atoms in total. The maximum atomic E-state index is 12.3. The fraction of sp³-hybridized carbons (Fsp3) is 0. The van der Waals surface area contributed by atoms with Crippen molar-refractivity contribution in [3.8, 4) is 33.5 Å². The van der Waals surface area contributed by atoms with Gasteiger partial charge in [0.2, 0.25) is 10.0 Å². The summed E-state index contributed by atoms with van der Waals surface area (Å²) >= 11 is 0. The van der Waals surface area contributed by atoms with Crippen LogP contribution in [0.2, 0.25) is 0 Å². The topological polar surface area (TPSA) is 77.5 Å². The molecule has 0 aliphatic carbocycles. The zero-order valence-electron chi connectivity index (χ0n) is 16.5. The summed E-state index contributed by atoms with van der Waals surface area (Å²) in [4.78, 5) is 4.92. The number of aromatic nitrogens is 2. The number of nitrogens with two attached hydrogens (primary N) is 1. The van der Waals surface area contributed by atoms with Gasteiger partial charge < -0.3 is 4.40 Å². The Morgan fingerprint density at radius 1 is 0.677 bits per heavy atom. The lowest BCUT2D eigenvalue weighted by atomic mass is 10.0. The molecule has 152 valence electrons. The molecule has 0 bridgehead atoms. The lowest BCUT2D eigenvalue weighted by Gasteiger charge is -2.12. The van der Waals surface area contributed by atoms with Gasteiger partial charge in [-0.3, -0.25) is 0 Å². The first-order valence-corrected chi connectivity index (χ1v) is 11.3. The molecule has 0 atom stereocenters. The lowest BCUT2D eigenvalue weighted by Crippen LogP contribution is -2.13. The van der Waals surface area contributed by atoms with Crippen LogP contribution in [0.5, 0.6) is 0 Å². The van der Waals surface area contributed by atoms with Crippen LogP contribution >= 0.6 is 0 Å². The molecule has 2 aromatic heterocycles. The Balaban J connectivity index is 1.84. The first-order valence-electron chi connectivity index (χ1n) is 9.76. The van der Waals surface area contributed by atoms with E-state index in [2.05, 4.69) is 0 Å². The van der Waals surface area contributed by atoms with Crippen LogP contribution in [0.4, 0.5) is 0 Å². The maximum Gasteiger partial charge on any atom is 0.238 e. The van der Waals surface area contributed by atoms with Gasteiger partial charge in [-0.25, -0.2) is 18.5 Å². The summed E-state index contributed by atoms with van der Waals surface area (Å²) in [6.07, 6.45) is 3.97. The van der Waals surface area contributed by atoms with Gasteiger partial charge >= 0.3 is 0 Å². The Morgan fingerprint density at radius 2 is 1.29 bits per heavy atom. The molecular formula is C25H19N3O2S. The average Bonchev–Trinajstić information content (AvgIpc) is 3.23. The van der Waals surface area contributed by atoms with Crippen LogP contribution in [0.3, 0.4) is 0 Å². The van der Waals surface area contributed by atoms with Crippen molar-refractivity contribution in [1.29, 1.82) is 0 Å². The molecule has 6 heteroatoms. The van der Waals surface area contributed by atoms with E-state index in [9.17, 15) is 8.42 Å². The van der Waals surface area contributed by atoms with E-state index in [1.807, 2.05) is 83.5 Å². The van der Waals surface area contributed by atoms with Gasteiger partial charge in [0.25, 0.3) is 0 Å². The molecule has 31 heavy (non-hydrogen) atoms. The quantitative estimate of drug-likeness (QED) is 0.441. The van der Waals surface area contributed by atoms with E-state index in [0.29, 0.717) is 16.8 Å².